The van der Waals surface area contributed by atoms with Gasteiger partial charge in [-0.1, -0.05) is 12.1 Å². The average Bonchev–Trinajstić information content (AvgIpc) is 2.67. The molecule has 0 unspecified atom stereocenters. The van der Waals surface area contributed by atoms with Crippen molar-refractivity contribution in [3.05, 3.63) is 29.8 Å². The van der Waals surface area contributed by atoms with E-state index in [1.54, 1.807) is 0 Å². The van der Waals surface area contributed by atoms with Crippen molar-refractivity contribution in [3.63, 3.8) is 0 Å². The molecule has 0 radical (unpaired) electrons. The maximum Gasteiger partial charge on any atom is 0.407 e. The Hall–Kier alpha value is -2.57. The number of anilines is 1. The van der Waals surface area contributed by atoms with Gasteiger partial charge in [-0.2, -0.15) is 0 Å². The molecule has 0 atom stereocenters. The van der Waals surface area contributed by atoms with E-state index in [-0.39, 0.29) is 5.91 Å². The molecule has 1 aromatic carbocycles. The quantitative estimate of drug-likeness (QED) is 0.688. The van der Waals surface area contributed by atoms with E-state index in [9.17, 15) is 19.5 Å². The lowest BCUT2D eigenvalue weighted by Gasteiger charge is -2.50. The fourth-order valence-corrected chi connectivity index (χ4v) is 4.31. The van der Waals surface area contributed by atoms with Crippen LogP contribution in [0.4, 0.5) is 10.5 Å². The second-order valence-electron chi connectivity index (χ2n) is 9.37. The molecule has 3 aliphatic carbocycles. The third kappa shape index (κ3) is 4.71. The molecule has 3 saturated carbocycles. The molecule has 0 saturated heterocycles. The lowest BCUT2D eigenvalue weighted by atomic mass is 9.53. The number of rotatable bonds is 5. The van der Waals surface area contributed by atoms with Gasteiger partial charge in [0.25, 0.3) is 0 Å². The molecule has 4 rings (SSSR count). The van der Waals surface area contributed by atoms with Gasteiger partial charge in [0, 0.05) is 17.6 Å². The second-order valence-corrected chi connectivity index (χ2v) is 9.37. The van der Waals surface area contributed by atoms with Gasteiger partial charge in [0.05, 0.1) is 5.41 Å². The average molecular weight is 402 g/mol. The zero-order valence-corrected chi connectivity index (χ0v) is 17.3. The summed E-state index contributed by atoms with van der Waals surface area (Å²) in [6.07, 6.45) is 3.14. The molecule has 3 aliphatic rings. The molecule has 0 aliphatic heterocycles. The predicted molar refractivity (Wildman–Crippen MR) is 108 cm³/mol. The van der Waals surface area contributed by atoms with E-state index in [0.29, 0.717) is 50.8 Å². The molecule has 7 nitrogen and oxygen atoms in total. The summed E-state index contributed by atoms with van der Waals surface area (Å²) < 4.78 is 5.21. The number of hydrogen-bond acceptors (Lipinski definition) is 4. The number of aliphatic carboxylic acids is 1. The van der Waals surface area contributed by atoms with Crippen molar-refractivity contribution in [2.45, 2.75) is 71.4 Å². The number of carboxylic acids is 1. The van der Waals surface area contributed by atoms with Crippen LogP contribution in [0.2, 0.25) is 0 Å². The van der Waals surface area contributed by atoms with E-state index in [1.165, 1.54) is 0 Å². The molecule has 2 bridgehead atoms. The lowest BCUT2D eigenvalue weighted by Crippen LogP contribution is -2.50. The SMILES string of the molecule is CC(C)(C)OC(=O)NCc1ccc(NC(=O)C23CCC(C(=O)O)(CC2)CC3)cc1. The van der Waals surface area contributed by atoms with Crippen LogP contribution in [0.3, 0.4) is 0 Å². The molecule has 7 heteroatoms. The highest BCUT2D eigenvalue weighted by atomic mass is 16.6. The first kappa shape index (κ1) is 21.1. The van der Waals surface area contributed by atoms with Crippen LogP contribution in [0.1, 0.15) is 64.9 Å². The van der Waals surface area contributed by atoms with E-state index in [2.05, 4.69) is 10.6 Å². The van der Waals surface area contributed by atoms with E-state index in [0.717, 1.165) is 5.56 Å². The van der Waals surface area contributed by atoms with Crippen molar-refractivity contribution >= 4 is 23.7 Å². The first-order chi connectivity index (χ1) is 13.5. The summed E-state index contributed by atoms with van der Waals surface area (Å²) >= 11 is 0. The third-order valence-electron chi connectivity index (χ3n) is 6.23. The summed E-state index contributed by atoms with van der Waals surface area (Å²) in [6, 6.07) is 7.32. The Morgan fingerprint density at radius 2 is 1.48 bits per heavy atom. The van der Waals surface area contributed by atoms with Gasteiger partial charge in [0.2, 0.25) is 5.91 Å². The standard InChI is InChI=1S/C22H30N2O5/c1-20(2,3)29-19(28)23-14-15-4-6-16(7-5-15)24-17(25)21-8-11-22(12-9-21,13-10-21)18(26)27/h4-7H,8-14H2,1-3H3,(H,23,28)(H,24,25)(H,26,27). The Balaban J connectivity index is 1.53. The summed E-state index contributed by atoms with van der Waals surface area (Å²) in [5.74, 6) is -0.738. The normalized spacial score (nSPS) is 25.9. The second kappa shape index (κ2) is 7.69. The number of hydrogen-bond donors (Lipinski definition) is 3. The molecule has 158 valence electrons. The van der Waals surface area contributed by atoms with E-state index >= 15 is 0 Å². The highest BCUT2D eigenvalue weighted by Gasteiger charge is 2.55. The maximum absolute atomic E-state index is 12.9. The molecule has 1 aromatic rings. The zero-order chi connectivity index (χ0) is 21.3. The van der Waals surface area contributed by atoms with Crippen LogP contribution in [0.5, 0.6) is 0 Å². The highest BCUT2D eigenvalue weighted by Crippen LogP contribution is 2.57. The first-order valence-electron chi connectivity index (χ1n) is 10.1. The minimum Gasteiger partial charge on any atom is -0.481 e. The Morgan fingerprint density at radius 3 is 1.97 bits per heavy atom. The Labute approximate surface area is 171 Å². The molecule has 0 heterocycles. The van der Waals surface area contributed by atoms with Crippen LogP contribution >= 0.6 is 0 Å². The number of carbonyl (C=O) groups is 3. The summed E-state index contributed by atoms with van der Waals surface area (Å²) in [7, 11) is 0. The fraction of sp³-hybridized carbons (Fsp3) is 0.591. The number of nitrogens with one attached hydrogen (secondary N) is 2. The third-order valence-corrected chi connectivity index (χ3v) is 6.23. The topological polar surface area (TPSA) is 105 Å². The number of alkyl carbamates (subject to hydrolysis) is 1. The number of carboxylic acid groups (broad SMARTS) is 1. The smallest absolute Gasteiger partial charge is 0.407 e. The molecular formula is C22H30N2O5. The van der Waals surface area contributed by atoms with Crippen LogP contribution in [0.25, 0.3) is 0 Å². The van der Waals surface area contributed by atoms with Crippen LogP contribution in [0.15, 0.2) is 24.3 Å². The van der Waals surface area contributed by atoms with E-state index < -0.39 is 28.5 Å². The highest BCUT2D eigenvalue weighted by molar-refractivity contribution is 5.96. The van der Waals surface area contributed by atoms with Crippen LogP contribution in [0, 0.1) is 10.8 Å². The molecule has 0 spiro atoms. The Morgan fingerprint density at radius 1 is 0.966 bits per heavy atom. The number of benzene rings is 1. The van der Waals surface area contributed by atoms with Crippen LogP contribution in [-0.4, -0.2) is 28.7 Å². The van der Waals surface area contributed by atoms with Gasteiger partial charge >= 0.3 is 12.1 Å². The van der Waals surface area contributed by atoms with Gasteiger partial charge in [-0.05, 0) is 77.0 Å². The summed E-state index contributed by atoms with van der Waals surface area (Å²) in [5, 5.41) is 15.2. The monoisotopic (exact) mass is 402 g/mol. The van der Waals surface area contributed by atoms with Gasteiger partial charge in [-0.25, -0.2) is 4.79 Å². The van der Waals surface area contributed by atoms with Gasteiger partial charge in [0.15, 0.2) is 0 Å². The minimum absolute atomic E-state index is 0.0178. The summed E-state index contributed by atoms with van der Waals surface area (Å²) in [6.45, 7) is 5.77. The zero-order valence-electron chi connectivity index (χ0n) is 17.3. The van der Waals surface area contributed by atoms with E-state index in [1.807, 2.05) is 45.0 Å². The van der Waals surface area contributed by atoms with Crippen LogP contribution in [-0.2, 0) is 20.9 Å². The predicted octanol–water partition coefficient (Wildman–Crippen LogP) is 4.08. The van der Waals surface area contributed by atoms with Crippen LogP contribution < -0.4 is 10.6 Å². The van der Waals surface area contributed by atoms with Crippen molar-refractivity contribution in [3.8, 4) is 0 Å². The van der Waals surface area contributed by atoms with Crippen molar-refractivity contribution in [1.82, 2.24) is 5.32 Å². The Kier molecular flexibility index (Phi) is 5.61. The van der Waals surface area contributed by atoms with Crippen molar-refractivity contribution in [2.75, 3.05) is 5.32 Å². The molecule has 3 fully saturated rings. The lowest BCUT2D eigenvalue weighted by molar-refractivity contribution is -0.162. The number of amides is 2. The molecule has 3 N–H and O–H groups in total. The van der Waals surface area contributed by atoms with Gasteiger partial charge in [-0.15, -0.1) is 0 Å². The van der Waals surface area contributed by atoms with Crippen molar-refractivity contribution in [1.29, 1.82) is 0 Å². The first-order valence-corrected chi connectivity index (χ1v) is 10.1. The van der Waals surface area contributed by atoms with Crippen molar-refractivity contribution < 1.29 is 24.2 Å². The van der Waals surface area contributed by atoms with Crippen molar-refractivity contribution in [2.24, 2.45) is 10.8 Å². The Bertz CT molecular complexity index is 770. The van der Waals surface area contributed by atoms with E-state index in [4.69, 9.17) is 4.74 Å². The minimum atomic E-state index is -0.721. The summed E-state index contributed by atoms with van der Waals surface area (Å²) in [5.41, 5.74) is -0.0153. The van der Waals surface area contributed by atoms with Gasteiger partial charge < -0.3 is 20.5 Å². The number of fused-ring (bicyclic) bond motifs is 3. The number of ether oxygens (including phenoxy) is 1. The molecular weight excluding hydrogens is 372 g/mol. The molecule has 2 amide bonds. The maximum atomic E-state index is 12.9. The summed E-state index contributed by atoms with van der Waals surface area (Å²) in [4.78, 5) is 36.2. The number of carbonyl (C=O) groups excluding carboxylic acids is 2. The largest absolute Gasteiger partial charge is 0.481 e. The fourth-order valence-electron chi connectivity index (χ4n) is 4.31. The molecule has 0 aromatic heterocycles. The van der Waals surface area contributed by atoms with Gasteiger partial charge in [0.1, 0.15) is 5.60 Å². The molecule has 29 heavy (non-hydrogen) atoms. The van der Waals surface area contributed by atoms with Gasteiger partial charge in [-0.3, -0.25) is 9.59 Å².